The van der Waals surface area contributed by atoms with Crippen LogP contribution in [-0.4, -0.2) is 16.4 Å². The van der Waals surface area contributed by atoms with Gasteiger partial charge >= 0.3 is 0 Å². The summed E-state index contributed by atoms with van der Waals surface area (Å²) in [6.45, 7) is 0.528. The van der Waals surface area contributed by atoms with Crippen molar-refractivity contribution < 1.29 is 9.85 Å². The fourth-order valence-corrected chi connectivity index (χ4v) is 1.51. The maximum absolute atomic E-state index is 10.8. The largest absolute Gasteiger partial charge is 0.379 e. The van der Waals surface area contributed by atoms with Gasteiger partial charge in [0.2, 0.25) is 0 Å². The topological polar surface area (TPSA) is 98.3 Å². The van der Waals surface area contributed by atoms with Crippen LogP contribution in [0.25, 0.3) is 0 Å². The van der Waals surface area contributed by atoms with Crippen LogP contribution < -0.4 is 5.32 Å². The van der Waals surface area contributed by atoms with Gasteiger partial charge < -0.3 is 5.32 Å². The first kappa shape index (κ1) is 14.4. The lowest BCUT2D eigenvalue weighted by Crippen LogP contribution is -2.04. The third-order valence-electron chi connectivity index (χ3n) is 2.45. The molecule has 1 aromatic rings. The predicted octanol–water partition coefficient (Wildman–Crippen LogP) is 2.72. The summed E-state index contributed by atoms with van der Waals surface area (Å²) in [7, 11) is 0. The molecule has 19 heavy (non-hydrogen) atoms. The van der Waals surface area contributed by atoms with E-state index in [2.05, 4.69) is 11.2 Å². The Morgan fingerprint density at radius 2 is 1.95 bits per heavy atom. The number of nitro benzene ring substituents is 2. The lowest BCUT2D eigenvalue weighted by molar-refractivity contribution is -0.393. The van der Waals surface area contributed by atoms with Gasteiger partial charge in [-0.25, -0.2) is 0 Å². The zero-order valence-electron chi connectivity index (χ0n) is 10.2. The van der Waals surface area contributed by atoms with Crippen molar-refractivity contribution >= 4 is 17.1 Å². The van der Waals surface area contributed by atoms with Crippen LogP contribution >= 0.6 is 0 Å². The van der Waals surface area contributed by atoms with Gasteiger partial charge in [-0.1, -0.05) is 0 Å². The van der Waals surface area contributed by atoms with E-state index in [1.54, 1.807) is 0 Å². The maximum atomic E-state index is 10.8. The van der Waals surface area contributed by atoms with Crippen LogP contribution in [0.1, 0.15) is 19.3 Å². The normalized spacial score (nSPS) is 9.63. The van der Waals surface area contributed by atoms with Gasteiger partial charge in [0.1, 0.15) is 5.69 Å². The molecule has 0 aliphatic rings. The van der Waals surface area contributed by atoms with Crippen LogP contribution in [0.2, 0.25) is 0 Å². The third-order valence-corrected chi connectivity index (χ3v) is 2.45. The van der Waals surface area contributed by atoms with E-state index in [1.807, 2.05) is 0 Å². The number of rotatable bonds is 7. The van der Waals surface area contributed by atoms with Gasteiger partial charge in [0.05, 0.1) is 15.9 Å². The van der Waals surface area contributed by atoms with E-state index in [9.17, 15) is 20.2 Å². The minimum atomic E-state index is -0.663. The average Bonchev–Trinajstić information content (AvgIpc) is 2.38. The molecule has 0 unspecified atom stereocenters. The minimum Gasteiger partial charge on any atom is -0.379 e. The fourth-order valence-electron chi connectivity index (χ4n) is 1.51. The summed E-state index contributed by atoms with van der Waals surface area (Å²) >= 11 is 0. The van der Waals surface area contributed by atoms with Crippen LogP contribution in [-0.2, 0) is 0 Å². The zero-order valence-corrected chi connectivity index (χ0v) is 10.2. The molecule has 0 aliphatic heterocycles. The average molecular weight is 263 g/mol. The predicted molar refractivity (Wildman–Crippen MR) is 70.9 cm³/mol. The molecule has 0 atom stereocenters. The highest BCUT2D eigenvalue weighted by atomic mass is 16.6. The van der Waals surface area contributed by atoms with Gasteiger partial charge in [-0.2, -0.15) is 0 Å². The third kappa shape index (κ3) is 4.27. The lowest BCUT2D eigenvalue weighted by atomic mass is 10.2. The maximum Gasteiger partial charge on any atom is 0.299 e. The second-order valence-corrected chi connectivity index (χ2v) is 3.80. The number of nitrogens with zero attached hydrogens (tertiary/aromatic N) is 2. The molecule has 0 fully saturated rings. The Morgan fingerprint density at radius 3 is 2.53 bits per heavy atom. The summed E-state index contributed by atoms with van der Waals surface area (Å²) in [5, 5.41) is 24.3. The highest BCUT2D eigenvalue weighted by Crippen LogP contribution is 2.28. The Balaban J connectivity index is 2.75. The van der Waals surface area contributed by atoms with E-state index in [-0.39, 0.29) is 17.1 Å². The van der Waals surface area contributed by atoms with Crippen LogP contribution in [0.5, 0.6) is 0 Å². The van der Waals surface area contributed by atoms with Crippen LogP contribution in [0.4, 0.5) is 17.1 Å². The smallest absolute Gasteiger partial charge is 0.299 e. The second kappa shape index (κ2) is 6.96. The van der Waals surface area contributed by atoms with E-state index < -0.39 is 9.85 Å². The van der Waals surface area contributed by atoms with Crippen molar-refractivity contribution in [3.05, 3.63) is 38.4 Å². The summed E-state index contributed by atoms with van der Waals surface area (Å²) < 4.78 is 0. The molecule has 0 heterocycles. The molecule has 1 N–H and O–H groups in total. The summed E-state index contributed by atoms with van der Waals surface area (Å²) in [6, 6.07) is 3.53. The van der Waals surface area contributed by atoms with Crippen molar-refractivity contribution in [2.24, 2.45) is 0 Å². The molecule has 0 aromatic heterocycles. The van der Waals surface area contributed by atoms with Gasteiger partial charge in [-0.3, -0.25) is 20.2 Å². The van der Waals surface area contributed by atoms with E-state index in [1.165, 1.54) is 12.1 Å². The minimum absolute atomic E-state index is 0.274. The van der Waals surface area contributed by atoms with Gasteiger partial charge in [0, 0.05) is 19.0 Å². The highest BCUT2D eigenvalue weighted by molar-refractivity contribution is 5.65. The van der Waals surface area contributed by atoms with Gasteiger partial charge in [0.25, 0.3) is 11.4 Å². The molecule has 0 amide bonds. The Morgan fingerprint density at radius 1 is 1.21 bits per heavy atom. The summed E-state index contributed by atoms with van der Waals surface area (Å²) in [5.41, 5.74) is -0.327. The molecule has 1 aromatic carbocycles. The van der Waals surface area contributed by atoms with Crippen LogP contribution in [0.3, 0.4) is 0 Å². The number of hydrogen-bond acceptors (Lipinski definition) is 5. The Kier molecular flexibility index (Phi) is 5.29. The van der Waals surface area contributed by atoms with E-state index in [0.717, 1.165) is 18.9 Å². The fraction of sp³-hybridized carbons (Fsp3) is 0.333. The number of unbranched alkanes of at least 4 members (excludes halogenated alkanes) is 2. The number of nitrogens with one attached hydrogen (secondary N) is 1. The first-order valence-electron chi connectivity index (χ1n) is 5.66. The van der Waals surface area contributed by atoms with Gasteiger partial charge in [-0.05, 0) is 18.9 Å². The Hall–Kier alpha value is -2.62. The van der Waals surface area contributed by atoms with Crippen molar-refractivity contribution in [3.63, 3.8) is 0 Å². The monoisotopic (exact) mass is 263 g/mol. The van der Waals surface area contributed by atoms with Crippen molar-refractivity contribution in [1.29, 1.82) is 0 Å². The zero-order chi connectivity index (χ0) is 14.3. The van der Waals surface area contributed by atoms with Crippen molar-refractivity contribution in [2.75, 3.05) is 11.9 Å². The molecule has 0 spiro atoms. The van der Waals surface area contributed by atoms with Crippen molar-refractivity contribution in [1.82, 2.24) is 0 Å². The molecule has 0 saturated carbocycles. The first-order chi connectivity index (χ1) is 9.06. The number of non-ortho nitro benzene ring substituents is 1. The molecule has 7 nitrogen and oxygen atoms in total. The van der Waals surface area contributed by atoms with Crippen LogP contribution in [0.15, 0.2) is 18.2 Å². The Labute approximate surface area is 109 Å². The van der Waals surface area contributed by atoms with Gasteiger partial charge in [0.15, 0.2) is 0 Å². The SMILES string of the molecule is C#CCCCCNc1ccc([N+](=O)[O-])cc1[N+](=O)[O-]. The molecule has 1 rings (SSSR count). The van der Waals surface area contributed by atoms with E-state index >= 15 is 0 Å². The molecule has 7 heteroatoms. The van der Waals surface area contributed by atoms with Crippen molar-refractivity contribution in [2.45, 2.75) is 19.3 Å². The number of terminal acetylenes is 1. The van der Waals surface area contributed by atoms with E-state index in [0.29, 0.717) is 13.0 Å². The second-order valence-electron chi connectivity index (χ2n) is 3.80. The number of benzene rings is 1. The first-order valence-corrected chi connectivity index (χ1v) is 5.66. The molecular formula is C12H13N3O4. The number of hydrogen-bond donors (Lipinski definition) is 1. The van der Waals surface area contributed by atoms with Crippen LogP contribution in [0, 0.1) is 32.6 Å². The molecule has 0 radical (unpaired) electrons. The molecule has 0 aliphatic carbocycles. The van der Waals surface area contributed by atoms with Crippen molar-refractivity contribution in [3.8, 4) is 12.3 Å². The summed E-state index contributed by atoms with van der Waals surface area (Å²) in [6.07, 6.45) is 7.36. The lowest BCUT2D eigenvalue weighted by Gasteiger charge is -2.06. The Bertz CT molecular complexity index is 522. The number of anilines is 1. The summed E-state index contributed by atoms with van der Waals surface area (Å²) in [5.74, 6) is 2.50. The molecule has 100 valence electrons. The highest BCUT2D eigenvalue weighted by Gasteiger charge is 2.18. The quantitative estimate of drug-likeness (QED) is 0.353. The standard InChI is InChI=1S/C12H13N3O4/c1-2-3-4-5-8-13-11-7-6-10(14(16)17)9-12(11)15(18)19/h1,6-7,9,13H,3-5,8H2. The number of nitro groups is 2. The van der Waals surface area contributed by atoms with E-state index in [4.69, 9.17) is 6.42 Å². The molecular weight excluding hydrogens is 250 g/mol. The molecule has 0 saturated heterocycles. The summed E-state index contributed by atoms with van der Waals surface area (Å²) in [4.78, 5) is 20.1. The molecule has 0 bridgehead atoms. The van der Waals surface area contributed by atoms with Gasteiger partial charge in [-0.15, -0.1) is 12.3 Å².